The molecule has 0 radical (unpaired) electrons. The smallest absolute Gasteiger partial charge is 0.407 e. The summed E-state index contributed by atoms with van der Waals surface area (Å²) in [5.74, 6) is -1.09. The predicted octanol–water partition coefficient (Wildman–Crippen LogP) is 4.84. The van der Waals surface area contributed by atoms with Crippen molar-refractivity contribution in [3.05, 3.63) is 59.7 Å². The lowest BCUT2D eigenvalue weighted by Gasteiger charge is -2.35. The van der Waals surface area contributed by atoms with Crippen molar-refractivity contribution in [2.75, 3.05) is 6.61 Å². The number of carboxylic acid groups (broad SMARTS) is 1. The van der Waals surface area contributed by atoms with E-state index >= 15 is 0 Å². The fourth-order valence-electron chi connectivity index (χ4n) is 5.38. The molecule has 0 aliphatic heterocycles. The van der Waals surface area contributed by atoms with Gasteiger partial charge in [-0.25, -0.2) is 4.79 Å². The molecule has 2 unspecified atom stereocenters. The maximum Gasteiger partial charge on any atom is 0.407 e. The Labute approximate surface area is 206 Å². The van der Waals surface area contributed by atoms with Crippen molar-refractivity contribution in [1.82, 2.24) is 10.6 Å². The van der Waals surface area contributed by atoms with Gasteiger partial charge in [-0.1, -0.05) is 55.0 Å². The largest absolute Gasteiger partial charge is 0.481 e. The fourth-order valence-corrected chi connectivity index (χ4v) is 5.38. The zero-order valence-corrected chi connectivity index (χ0v) is 20.6. The van der Waals surface area contributed by atoms with Gasteiger partial charge in [0.2, 0.25) is 5.91 Å². The molecule has 3 N–H and O–H groups in total. The monoisotopic (exact) mass is 478 g/mol. The summed E-state index contributed by atoms with van der Waals surface area (Å²) in [4.78, 5) is 37.0. The van der Waals surface area contributed by atoms with E-state index in [2.05, 4.69) is 34.9 Å². The maximum absolute atomic E-state index is 13.2. The highest BCUT2D eigenvalue weighted by molar-refractivity contribution is 5.85. The fraction of sp³-hybridized carbons (Fsp3) is 0.464. The van der Waals surface area contributed by atoms with Crippen LogP contribution in [0.4, 0.5) is 4.79 Å². The van der Waals surface area contributed by atoms with Crippen LogP contribution in [0.25, 0.3) is 11.1 Å². The van der Waals surface area contributed by atoms with Crippen molar-refractivity contribution < 1.29 is 24.2 Å². The second-order valence-electron chi connectivity index (χ2n) is 10.6. The van der Waals surface area contributed by atoms with Gasteiger partial charge >= 0.3 is 12.1 Å². The number of hydrogen-bond acceptors (Lipinski definition) is 4. The number of rotatable bonds is 8. The molecule has 35 heavy (non-hydrogen) atoms. The van der Waals surface area contributed by atoms with Crippen LogP contribution in [0.2, 0.25) is 0 Å². The molecule has 186 valence electrons. The Morgan fingerprint density at radius 1 is 1.06 bits per heavy atom. The van der Waals surface area contributed by atoms with Gasteiger partial charge in [0.1, 0.15) is 6.61 Å². The molecule has 0 aromatic heterocycles. The minimum absolute atomic E-state index is 0.0224. The number of carboxylic acids is 1. The average Bonchev–Trinajstić information content (AvgIpc) is 3.35. The average molecular weight is 479 g/mol. The molecule has 4 rings (SSSR count). The van der Waals surface area contributed by atoms with Gasteiger partial charge in [-0.15, -0.1) is 0 Å². The first-order valence-corrected chi connectivity index (χ1v) is 12.3. The van der Waals surface area contributed by atoms with Gasteiger partial charge in [-0.2, -0.15) is 0 Å². The lowest BCUT2D eigenvalue weighted by atomic mass is 9.82. The Morgan fingerprint density at radius 2 is 1.66 bits per heavy atom. The molecule has 0 bridgehead atoms. The molecule has 2 aromatic rings. The summed E-state index contributed by atoms with van der Waals surface area (Å²) in [6.07, 6.45) is 1.92. The number of fused-ring (bicyclic) bond motifs is 3. The second-order valence-corrected chi connectivity index (χ2v) is 10.6. The molecule has 0 saturated heterocycles. The maximum atomic E-state index is 13.2. The molecule has 2 atom stereocenters. The first-order valence-electron chi connectivity index (χ1n) is 12.3. The predicted molar refractivity (Wildman–Crippen MR) is 133 cm³/mol. The van der Waals surface area contributed by atoms with E-state index in [-0.39, 0.29) is 30.9 Å². The summed E-state index contributed by atoms with van der Waals surface area (Å²) < 4.78 is 5.69. The summed E-state index contributed by atoms with van der Waals surface area (Å²) in [6.45, 7) is 5.72. The number of benzene rings is 2. The number of alkyl carbamates (subject to hydrolysis) is 1. The van der Waals surface area contributed by atoms with Crippen molar-refractivity contribution in [3.63, 3.8) is 0 Å². The summed E-state index contributed by atoms with van der Waals surface area (Å²) in [6, 6.07) is 16.0. The molecule has 1 saturated carbocycles. The first kappa shape index (κ1) is 24.8. The van der Waals surface area contributed by atoms with E-state index in [0.29, 0.717) is 19.3 Å². The molecule has 2 aliphatic rings. The Bertz CT molecular complexity index is 1080. The van der Waals surface area contributed by atoms with E-state index in [0.717, 1.165) is 17.5 Å². The summed E-state index contributed by atoms with van der Waals surface area (Å²) in [5.41, 5.74) is 3.19. The van der Waals surface area contributed by atoms with E-state index in [1.54, 1.807) is 0 Å². The van der Waals surface area contributed by atoms with Crippen LogP contribution in [0.5, 0.6) is 0 Å². The molecule has 0 heterocycles. The molecular weight excluding hydrogens is 444 g/mol. The Balaban J connectivity index is 1.38. The minimum Gasteiger partial charge on any atom is -0.481 e. The third-order valence-corrected chi connectivity index (χ3v) is 7.53. The van der Waals surface area contributed by atoms with Gasteiger partial charge in [0.05, 0.1) is 5.41 Å². The number of aliphatic carboxylic acids is 1. The quantitative estimate of drug-likeness (QED) is 0.503. The summed E-state index contributed by atoms with van der Waals surface area (Å²) >= 11 is 0. The zero-order valence-electron chi connectivity index (χ0n) is 20.6. The van der Waals surface area contributed by atoms with Crippen LogP contribution < -0.4 is 10.6 Å². The van der Waals surface area contributed by atoms with Crippen molar-refractivity contribution in [2.45, 2.75) is 70.4 Å². The third-order valence-electron chi connectivity index (χ3n) is 7.53. The number of carbonyl (C=O) groups excluding carboxylic acids is 2. The molecule has 7 nitrogen and oxygen atoms in total. The van der Waals surface area contributed by atoms with Crippen molar-refractivity contribution in [1.29, 1.82) is 0 Å². The molecule has 2 amide bonds. The SMILES string of the molecule is CC(C)(CCC(=O)O)NC(=O)C1(C)CCCC1NC(=O)OCC1c2ccccc2-c2ccccc21. The van der Waals surface area contributed by atoms with E-state index < -0.39 is 23.0 Å². The van der Waals surface area contributed by atoms with Crippen LogP contribution in [0, 0.1) is 5.41 Å². The van der Waals surface area contributed by atoms with Crippen molar-refractivity contribution in [2.24, 2.45) is 5.41 Å². The van der Waals surface area contributed by atoms with Crippen LogP contribution in [0.1, 0.15) is 69.9 Å². The van der Waals surface area contributed by atoms with Crippen LogP contribution in [-0.2, 0) is 14.3 Å². The van der Waals surface area contributed by atoms with Crippen LogP contribution in [0.3, 0.4) is 0 Å². The van der Waals surface area contributed by atoms with Gasteiger partial charge in [0.15, 0.2) is 0 Å². The number of hydrogen-bond donors (Lipinski definition) is 3. The van der Waals surface area contributed by atoms with Crippen LogP contribution in [-0.4, -0.2) is 41.3 Å². The minimum atomic E-state index is -0.894. The van der Waals surface area contributed by atoms with Gasteiger partial charge in [-0.05, 0) is 62.3 Å². The molecule has 7 heteroatoms. The van der Waals surface area contributed by atoms with E-state index in [1.807, 2.05) is 45.0 Å². The van der Waals surface area contributed by atoms with Crippen molar-refractivity contribution >= 4 is 18.0 Å². The standard InChI is InChI=1S/C28H34N2O5/c1-27(2,16-14-24(31)32)30-25(33)28(3)15-8-13-23(28)29-26(34)35-17-22-20-11-6-4-9-18(20)19-10-5-7-12-21(19)22/h4-7,9-12,22-23H,8,13-17H2,1-3H3,(H,29,34)(H,30,33)(H,31,32). The van der Waals surface area contributed by atoms with Gasteiger partial charge < -0.3 is 20.5 Å². The summed E-state index contributed by atoms with van der Waals surface area (Å²) in [5, 5.41) is 14.9. The van der Waals surface area contributed by atoms with E-state index in [4.69, 9.17) is 9.84 Å². The molecule has 0 spiro atoms. The highest BCUT2D eigenvalue weighted by atomic mass is 16.5. The lowest BCUT2D eigenvalue weighted by Crippen LogP contribution is -2.55. The first-order chi connectivity index (χ1) is 16.6. The zero-order chi connectivity index (χ0) is 25.2. The Hall–Kier alpha value is -3.35. The topological polar surface area (TPSA) is 105 Å². The van der Waals surface area contributed by atoms with Gasteiger partial charge in [-0.3, -0.25) is 9.59 Å². The van der Waals surface area contributed by atoms with Gasteiger partial charge in [0, 0.05) is 23.9 Å². The van der Waals surface area contributed by atoms with E-state index in [1.165, 1.54) is 11.1 Å². The Morgan fingerprint density at radius 3 is 2.26 bits per heavy atom. The molecular formula is C28H34N2O5. The number of carbonyl (C=O) groups is 3. The normalized spacial score (nSPS) is 21.2. The third kappa shape index (κ3) is 5.19. The second kappa shape index (κ2) is 9.72. The highest BCUT2D eigenvalue weighted by Crippen LogP contribution is 2.44. The van der Waals surface area contributed by atoms with Crippen LogP contribution >= 0.6 is 0 Å². The number of amides is 2. The highest BCUT2D eigenvalue weighted by Gasteiger charge is 2.47. The summed E-state index contributed by atoms with van der Waals surface area (Å²) in [7, 11) is 0. The number of ether oxygens (including phenoxy) is 1. The number of nitrogens with one attached hydrogen (secondary N) is 2. The van der Waals surface area contributed by atoms with E-state index in [9.17, 15) is 14.4 Å². The lowest BCUT2D eigenvalue weighted by molar-refractivity contribution is -0.138. The molecule has 1 fully saturated rings. The van der Waals surface area contributed by atoms with Crippen LogP contribution in [0.15, 0.2) is 48.5 Å². The Kier molecular flexibility index (Phi) is 6.88. The van der Waals surface area contributed by atoms with Gasteiger partial charge in [0.25, 0.3) is 0 Å². The molecule has 2 aliphatic carbocycles. The van der Waals surface area contributed by atoms with Crippen molar-refractivity contribution in [3.8, 4) is 11.1 Å². The molecule has 2 aromatic carbocycles.